The minimum atomic E-state index is 0.0785. The van der Waals surface area contributed by atoms with E-state index in [9.17, 15) is 4.79 Å². The predicted molar refractivity (Wildman–Crippen MR) is 95.2 cm³/mol. The molecule has 0 aliphatic carbocycles. The molecule has 0 radical (unpaired) electrons. The first-order valence-electron chi connectivity index (χ1n) is 6.42. The van der Waals surface area contributed by atoms with Gasteiger partial charge in [-0.1, -0.05) is 15.9 Å². The molecule has 0 heterocycles. The maximum atomic E-state index is 11.2. The van der Waals surface area contributed by atoms with Crippen molar-refractivity contribution in [1.29, 1.82) is 0 Å². The highest BCUT2D eigenvalue weighted by Crippen LogP contribution is 2.19. The van der Waals surface area contributed by atoms with Crippen molar-refractivity contribution in [3.05, 3.63) is 39.3 Å². The van der Waals surface area contributed by atoms with Gasteiger partial charge in [0.15, 0.2) is 5.78 Å². The lowest BCUT2D eigenvalue weighted by molar-refractivity contribution is -0.113. The number of carbonyl (C=O) groups is 1. The van der Waals surface area contributed by atoms with Crippen LogP contribution < -0.4 is 5.73 Å². The van der Waals surface area contributed by atoms with Gasteiger partial charge in [0.05, 0.1) is 11.5 Å². The van der Waals surface area contributed by atoms with Crippen LogP contribution in [0.2, 0.25) is 0 Å². The number of hydrogen-bond acceptors (Lipinski definition) is 5. The minimum Gasteiger partial charge on any atom is -0.399 e. The molecular weight excluding hydrogens is 352 g/mol. The first-order chi connectivity index (χ1) is 9.83. The zero-order valence-electron chi connectivity index (χ0n) is 12.9. The average molecular weight is 375 g/mol. The van der Waals surface area contributed by atoms with Gasteiger partial charge in [0.1, 0.15) is 0 Å². The number of hydrogen-bond donors (Lipinski definition) is 2. The first-order valence-corrected chi connectivity index (χ1v) is 8.44. The fourth-order valence-corrected chi connectivity index (χ4v) is 2.50. The molecule has 0 bridgehead atoms. The molecule has 0 aliphatic heterocycles. The van der Waals surface area contributed by atoms with E-state index in [4.69, 9.17) is 10.8 Å². The second-order valence-electron chi connectivity index (χ2n) is 4.37. The number of Topliss-reactive ketones (excluding diaryl/α,β-unsaturated/α-hetero) is 1. The first kappa shape index (κ1) is 20.0. The van der Waals surface area contributed by atoms with Gasteiger partial charge in [-0.05, 0) is 44.4 Å². The van der Waals surface area contributed by atoms with E-state index in [0.29, 0.717) is 6.54 Å². The highest BCUT2D eigenvalue weighted by atomic mass is 79.9. The Labute approximate surface area is 139 Å². The summed E-state index contributed by atoms with van der Waals surface area (Å²) < 4.78 is 1.06. The number of nitrogen functional groups attached to an aromatic ring is 1. The summed E-state index contributed by atoms with van der Waals surface area (Å²) >= 11 is 4.74. The van der Waals surface area contributed by atoms with Crippen molar-refractivity contribution in [2.75, 3.05) is 32.2 Å². The quantitative estimate of drug-likeness (QED) is 0.612. The van der Waals surface area contributed by atoms with Crippen molar-refractivity contribution in [1.82, 2.24) is 4.90 Å². The van der Waals surface area contributed by atoms with Crippen LogP contribution in [0.4, 0.5) is 5.69 Å². The smallest absolute Gasteiger partial charge is 0.167 e. The van der Waals surface area contributed by atoms with Crippen LogP contribution in [0.3, 0.4) is 0 Å². The molecule has 0 spiro atoms. The number of allylic oxidation sites excluding steroid dienone is 2. The molecule has 0 aromatic heterocycles. The Morgan fingerprint density at radius 3 is 2.19 bits per heavy atom. The lowest BCUT2D eigenvalue weighted by Crippen LogP contribution is -2.22. The number of rotatable bonds is 5. The highest BCUT2D eigenvalue weighted by Gasteiger charge is 2.09. The van der Waals surface area contributed by atoms with Crippen LogP contribution in [0, 0.1) is 0 Å². The maximum Gasteiger partial charge on any atom is 0.167 e. The Hall–Kier alpha value is -0.980. The number of ketones is 1. The summed E-state index contributed by atoms with van der Waals surface area (Å²) in [7, 11) is 1.87. The van der Waals surface area contributed by atoms with Gasteiger partial charge in [-0.2, -0.15) is 0 Å². The molecule has 21 heavy (non-hydrogen) atoms. The Balaban J connectivity index is 0.000000423. The largest absolute Gasteiger partial charge is 0.399 e. The van der Waals surface area contributed by atoms with Crippen molar-refractivity contribution < 1.29 is 9.90 Å². The van der Waals surface area contributed by atoms with Crippen LogP contribution >= 0.6 is 27.7 Å². The summed E-state index contributed by atoms with van der Waals surface area (Å²) in [5.41, 5.74) is 7.13. The monoisotopic (exact) mass is 374 g/mol. The Morgan fingerprint density at radius 1 is 1.33 bits per heavy atom. The third kappa shape index (κ3) is 8.14. The second kappa shape index (κ2) is 10.7. The average Bonchev–Trinajstić information content (AvgIpc) is 2.43. The molecule has 0 amide bonds. The molecule has 0 unspecified atom stereocenters. The van der Waals surface area contributed by atoms with Gasteiger partial charge in [0, 0.05) is 29.4 Å². The minimum absolute atomic E-state index is 0.0785. The molecule has 0 saturated carbocycles. The standard InChI is InChI=1S/C9H17NO2S.C6H6BrN/c1-7(10(3)5-6-11)9(13-4)8(2)12;7-5-1-3-6(8)4-2-5/h11H,5-6H2,1-4H3;1-4H,8H2/b9-7-;. The molecule has 0 aliphatic rings. The van der Waals surface area contributed by atoms with Crippen molar-refractivity contribution in [2.45, 2.75) is 13.8 Å². The molecule has 0 fully saturated rings. The summed E-state index contributed by atoms with van der Waals surface area (Å²) in [5, 5.41) is 8.72. The number of anilines is 1. The molecular formula is C15H23BrN2O2S. The number of benzene rings is 1. The van der Waals surface area contributed by atoms with Crippen LogP contribution in [-0.4, -0.2) is 42.2 Å². The topological polar surface area (TPSA) is 66.6 Å². The molecule has 1 rings (SSSR count). The van der Waals surface area contributed by atoms with Gasteiger partial charge in [0.2, 0.25) is 0 Å². The molecule has 6 heteroatoms. The van der Waals surface area contributed by atoms with E-state index in [1.165, 1.54) is 11.8 Å². The molecule has 4 nitrogen and oxygen atoms in total. The fourth-order valence-electron chi connectivity index (χ4n) is 1.50. The number of halogens is 1. The summed E-state index contributed by atoms with van der Waals surface area (Å²) in [5.74, 6) is 0.0785. The Kier molecular flexibility index (Phi) is 10.2. The van der Waals surface area contributed by atoms with Gasteiger partial charge >= 0.3 is 0 Å². The number of aliphatic hydroxyl groups excluding tert-OH is 1. The summed E-state index contributed by atoms with van der Waals surface area (Å²) in [4.78, 5) is 13.8. The number of thioether (sulfide) groups is 1. The number of nitrogens with two attached hydrogens (primary N) is 1. The molecule has 0 saturated heterocycles. The van der Waals surface area contributed by atoms with Crippen LogP contribution in [0.15, 0.2) is 39.3 Å². The molecule has 1 aromatic carbocycles. The van der Waals surface area contributed by atoms with Gasteiger partial charge in [-0.3, -0.25) is 4.79 Å². The van der Waals surface area contributed by atoms with Crippen LogP contribution in [0.5, 0.6) is 0 Å². The Bertz CT molecular complexity index is 454. The van der Waals surface area contributed by atoms with Crippen molar-refractivity contribution in [3.63, 3.8) is 0 Å². The van der Waals surface area contributed by atoms with E-state index in [2.05, 4.69) is 15.9 Å². The van der Waals surface area contributed by atoms with Crippen molar-refractivity contribution in [2.24, 2.45) is 0 Å². The van der Waals surface area contributed by atoms with Gasteiger partial charge in [-0.25, -0.2) is 0 Å². The molecule has 3 N–H and O–H groups in total. The highest BCUT2D eigenvalue weighted by molar-refractivity contribution is 9.10. The number of aliphatic hydroxyl groups is 1. The number of likely N-dealkylation sites (N-methyl/N-ethyl adjacent to an activating group) is 1. The van der Waals surface area contributed by atoms with E-state index >= 15 is 0 Å². The number of nitrogens with zero attached hydrogens (tertiary/aromatic N) is 1. The summed E-state index contributed by atoms with van der Waals surface area (Å²) in [6, 6.07) is 7.53. The maximum absolute atomic E-state index is 11.2. The van der Waals surface area contributed by atoms with Gasteiger partial charge in [-0.15, -0.1) is 11.8 Å². The van der Waals surface area contributed by atoms with E-state index in [1.807, 2.05) is 49.4 Å². The normalized spacial score (nSPS) is 11.1. The predicted octanol–water partition coefficient (Wildman–Crippen LogP) is 3.13. The van der Waals surface area contributed by atoms with Gasteiger partial charge < -0.3 is 15.7 Å². The lowest BCUT2D eigenvalue weighted by Gasteiger charge is -2.20. The zero-order chi connectivity index (χ0) is 16.4. The van der Waals surface area contributed by atoms with E-state index < -0.39 is 0 Å². The number of carbonyl (C=O) groups excluding carboxylic acids is 1. The third-order valence-corrected chi connectivity index (χ3v) is 4.25. The summed E-state index contributed by atoms with van der Waals surface area (Å²) in [6.07, 6.45) is 1.88. The van der Waals surface area contributed by atoms with Crippen LogP contribution in [-0.2, 0) is 4.79 Å². The van der Waals surface area contributed by atoms with Crippen LogP contribution in [0.25, 0.3) is 0 Å². The van der Waals surface area contributed by atoms with E-state index in [-0.39, 0.29) is 12.4 Å². The van der Waals surface area contributed by atoms with Crippen LogP contribution in [0.1, 0.15) is 13.8 Å². The zero-order valence-corrected chi connectivity index (χ0v) is 15.3. The van der Waals surface area contributed by atoms with Gasteiger partial charge in [0.25, 0.3) is 0 Å². The molecule has 0 atom stereocenters. The third-order valence-electron chi connectivity index (χ3n) is 2.73. The van der Waals surface area contributed by atoms with E-state index in [0.717, 1.165) is 20.8 Å². The Morgan fingerprint density at radius 2 is 1.86 bits per heavy atom. The molecule has 118 valence electrons. The lowest BCUT2D eigenvalue weighted by atomic mass is 10.3. The SMILES string of the molecule is CS/C(C(C)=O)=C(/C)N(C)CCO.Nc1ccc(Br)cc1. The van der Waals surface area contributed by atoms with Crippen molar-refractivity contribution in [3.8, 4) is 0 Å². The van der Waals surface area contributed by atoms with E-state index in [1.54, 1.807) is 6.92 Å². The summed E-state index contributed by atoms with van der Waals surface area (Å²) in [6.45, 7) is 4.11. The van der Waals surface area contributed by atoms with Crippen molar-refractivity contribution >= 4 is 39.2 Å². The molecule has 1 aromatic rings. The second-order valence-corrected chi connectivity index (χ2v) is 6.10. The fraction of sp³-hybridized carbons (Fsp3) is 0.400.